The highest BCUT2D eigenvalue weighted by molar-refractivity contribution is 6.07. The fourth-order valence-corrected chi connectivity index (χ4v) is 2.92. The largest absolute Gasteiger partial charge is 0.360 e. The number of hydrogen-bond donors (Lipinski definition) is 1. The van der Waals surface area contributed by atoms with Crippen LogP contribution < -0.4 is 5.56 Å². The molecule has 2 aromatic heterocycles. The first kappa shape index (κ1) is 15.7. The highest BCUT2D eigenvalue weighted by Gasteiger charge is 2.15. The lowest BCUT2D eigenvalue weighted by Crippen LogP contribution is -2.24. The van der Waals surface area contributed by atoms with Crippen LogP contribution in [0.3, 0.4) is 0 Å². The Kier molecular flexibility index (Phi) is 3.58. The zero-order chi connectivity index (χ0) is 18.3. The van der Waals surface area contributed by atoms with Crippen LogP contribution in [0.25, 0.3) is 21.8 Å². The van der Waals surface area contributed by atoms with Crippen LogP contribution >= 0.6 is 0 Å². The van der Waals surface area contributed by atoms with Crippen molar-refractivity contribution in [2.75, 3.05) is 0 Å². The summed E-state index contributed by atoms with van der Waals surface area (Å²) in [5.41, 5.74) is 0.999. The molecule has 0 aliphatic rings. The van der Waals surface area contributed by atoms with Gasteiger partial charge in [0.05, 0.1) is 28.7 Å². The number of aromatic amines is 1. The number of carbonyl (C=O) groups is 1. The van der Waals surface area contributed by atoms with Crippen molar-refractivity contribution >= 4 is 33.3 Å². The summed E-state index contributed by atoms with van der Waals surface area (Å²) in [6.45, 7) is -0.166. The Bertz CT molecular complexity index is 1240. The van der Waals surface area contributed by atoms with Gasteiger partial charge in [0.1, 0.15) is 0 Å². The summed E-state index contributed by atoms with van der Waals surface area (Å²) in [7, 11) is 0. The topological polar surface area (TPSA) is 111 Å². The van der Waals surface area contributed by atoms with Crippen LogP contribution in [0.1, 0.15) is 10.4 Å². The molecule has 0 bridgehead atoms. The van der Waals surface area contributed by atoms with E-state index in [4.69, 9.17) is 0 Å². The molecule has 8 heteroatoms. The Morgan fingerprint density at radius 3 is 2.81 bits per heavy atom. The molecule has 128 valence electrons. The number of hydrogen-bond acceptors (Lipinski definition) is 5. The van der Waals surface area contributed by atoms with Gasteiger partial charge in [-0.2, -0.15) is 0 Å². The third kappa shape index (κ3) is 2.53. The summed E-state index contributed by atoms with van der Waals surface area (Å²) in [5, 5.41) is 11.8. The van der Waals surface area contributed by atoms with Crippen LogP contribution in [-0.2, 0) is 6.54 Å². The number of benzene rings is 2. The fourth-order valence-electron chi connectivity index (χ4n) is 2.92. The number of carbonyl (C=O) groups excluding carboxylic acids is 1. The SMILES string of the molecule is O=C(Cn1cnc2cc([N+](=O)[O-])ccc2c1=O)c1c[nH]c2ccccc12. The lowest BCUT2D eigenvalue weighted by atomic mass is 10.1. The van der Waals surface area contributed by atoms with Crippen molar-refractivity contribution in [3.8, 4) is 0 Å². The second-order valence-electron chi connectivity index (χ2n) is 5.81. The van der Waals surface area contributed by atoms with E-state index in [0.717, 1.165) is 10.9 Å². The molecule has 0 spiro atoms. The number of Topliss-reactive ketones (excluding diaryl/α,β-unsaturated/α-hetero) is 1. The van der Waals surface area contributed by atoms with Gasteiger partial charge in [-0.05, 0) is 12.1 Å². The van der Waals surface area contributed by atoms with E-state index in [2.05, 4.69) is 9.97 Å². The minimum atomic E-state index is -0.548. The summed E-state index contributed by atoms with van der Waals surface area (Å²) in [5.74, 6) is -0.229. The molecule has 4 rings (SSSR count). The van der Waals surface area contributed by atoms with Crippen molar-refractivity contribution in [1.29, 1.82) is 0 Å². The predicted molar refractivity (Wildman–Crippen MR) is 95.3 cm³/mol. The number of nitrogens with one attached hydrogen (secondary N) is 1. The van der Waals surface area contributed by atoms with Crippen LogP contribution in [0.2, 0.25) is 0 Å². The van der Waals surface area contributed by atoms with Crippen molar-refractivity contribution in [1.82, 2.24) is 14.5 Å². The fraction of sp³-hybridized carbons (Fsp3) is 0.0556. The molecule has 0 unspecified atom stereocenters. The van der Waals surface area contributed by atoms with Crippen molar-refractivity contribution < 1.29 is 9.72 Å². The number of nitro benzene ring substituents is 1. The summed E-state index contributed by atoms with van der Waals surface area (Å²) in [4.78, 5) is 42.6. The molecule has 0 atom stereocenters. The second kappa shape index (κ2) is 5.92. The highest BCUT2D eigenvalue weighted by Crippen LogP contribution is 2.19. The minimum absolute atomic E-state index is 0.142. The van der Waals surface area contributed by atoms with Crippen LogP contribution in [0.4, 0.5) is 5.69 Å². The van der Waals surface area contributed by atoms with E-state index in [1.807, 2.05) is 24.3 Å². The van der Waals surface area contributed by atoms with E-state index in [1.165, 1.54) is 29.1 Å². The van der Waals surface area contributed by atoms with Gasteiger partial charge in [-0.1, -0.05) is 18.2 Å². The summed E-state index contributed by atoms with van der Waals surface area (Å²) in [6.07, 6.45) is 2.86. The molecule has 4 aromatic rings. The van der Waals surface area contributed by atoms with Crippen LogP contribution in [-0.4, -0.2) is 25.2 Å². The number of fused-ring (bicyclic) bond motifs is 2. The smallest absolute Gasteiger partial charge is 0.271 e. The first-order chi connectivity index (χ1) is 12.5. The van der Waals surface area contributed by atoms with Gasteiger partial charge in [-0.15, -0.1) is 0 Å². The van der Waals surface area contributed by atoms with Gasteiger partial charge in [-0.3, -0.25) is 24.3 Å². The Hall–Kier alpha value is -3.81. The Balaban J connectivity index is 1.72. The minimum Gasteiger partial charge on any atom is -0.360 e. The summed E-state index contributed by atoms with van der Waals surface area (Å²) < 4.78 is 1.21. The van der Waals surface area contributed by atoms with Gasteiger partial charge < -0.3 is 4.98 Å². The molecular weight excluding hydrogens is 336 g/mol. The number of nitrogens with zero attached hydrogens (tertiary/aromatic N) is 3. The Morgan fingerprint density at radius 2 is 2.00 bits per heavy atom. The summed E-state index contributed by atoms with van der Waals surface area (Å²) >= 11 is 0. The third-order valence-corrected chi connectivity index (χ3v) is 4.22. The molecule has 0 saturated carbocycles. The van der Waals surface area contributed by atoms with E-state index in [9.17, 15) is 19.7 Å². The van der Waals surface area contributed by atoms with E-state index in [-0.39, 0.29) is 28.9 Å². The summed E-state index contributed by atoms with van der Waals surface area (Å²) in [6, 6.07) is 11.2. The number of nitro groups is 1. The molecule has 0 aliphatic heterocycles. The molecule has 0 saturated heterocycles. The van der Waals surface area contributed by atoms with Gasteiger partial charge in [-0.25, -0.2) is 4.98 Å². The quantitative estimate of drug-likeness (QED) is 0.346. The van der Waals surface area contributed by atoms with Gasteiger partial charge >= 0.3 is 0 Å². The van der Waals surface area contributed by atoms with E-state index >= 15 is 0 Å². The predicted octanol–water partition coefficient (Wildman–Crippen LogP) is 2.67. The number of ketones is 1. The number of rotatable bonds is 4. The maximum Gasteiger partial charge on any atom is 0.271 e. The molecule has 8 nitrogen and oxygen atoms in total. The number of H-pyrrole nitrogens is 1. The molecular formula is C18H12N4O4. The van der Waals surface area contributed by atoms with Crippen LogP contribution in [0.15, 0.2) is 59.8 Å². The molecule has 0 aliphatic carbocycles. The first-order valence-corrected chi connectivity index (χ1v) is 7.77. The van der Waals surface area contributed by atoms with E-state index in [0.29, 0.717) is 5.56 Å². The second-order valence-corrected chi connectivity index (χ2v) is 5.81. The van der Waals surface area contributed by atoms with Crippen LogP contribution in [0, 0.1) is 10.1 Å². The first-order valence-electron chi connectivity index (χ1n) is 7.77. The van der Waals surface area contributed by atoms with Gasteiger partial charge in [0, 0.05) is 34.8 Å². The average Bonchev–Trinajstić information content (AvgIpc) is 3.08. The standard InChI is InChI=1S/C18H12N4O4/c23-17(14-8-19-15-4-2-1-3-12(14)15)9-21-10-20-16-7-11(22(25)26)5-6-13(16)18(21)24/h1-8,10,19H,9H2. The highest BCUT2D eigenvalue weighted by atomic mass is 16.6. The molecule has 26 heavy (non-hydrogen) atoms. The van der Waals surface area contributed by atoms with E-state index < -0.39 is 10.5 Å². The molecule has 0 amide bonds. The zero-order valence-electron chi connectivity index (χ0n) is 13.4. The average molecular weight is 348 g/mol. The number of aromatic nitrogens is 3. The van der Waals surface area contributed by atoms with Gasteiger partial charge in [0.2, 0.25) is 0 Å². The lowest BCUT2D eigenvalue weighted by Gasteiger charge is -2.05. The monoisotopic (exact) mass is 348 g/mol. The molecule has 2 aromatic carbocycles. The Labute approximate surface area is 145 Å². The van der Waals surface area contributed by atoms with Gasteiger partial charge in [0.25, 0.3) is 11.2 Å². The zero-order valence-corrected chi connectivity index (χ0v) is 13.4. The maximum absolute atomic E-state index is 12.6. The van der Waals surface area contributed by atoms with Crippen molar-refractivity contribution in [3.63, 3.8) is 0 Å². The molecule has 0 radical (unpaired) electrons. The maximum atomic E-state index is 12.6. The number of non-ortho nitro benzene ring substituents is 1. The normalized spacial score (nSPS) is 11.1. The Morgan fingerprint density at radius 1 is 1.19 bits per heavy atom. The van der Waals surface area contributed by atoms with Crippen molar-refractivity contribution in [2.24, 2.45) is 0 Å². The molecule has 0 fully saturated rings. The number of para-hydroxylation sites is 1. The third-order valence-electron chi connectivity index (χ3n) is 4.22. The molecule has 1 N–H and O–H groups in total. The van der Waals surface area contributed by atoms with E-state index in [1.54, 1.807) is 6.20 Å². The lowest BCUT2D eigenvalue weighted by molar-refractivity contribution is -0.384. The van der Waals surface area contributed by atoms with Crippen molar-refractivity contribution in [2.45, 2.75) is 6.54 Å². The van der Waals surface area contributed by atoms with Gasteiger partial charge in [0.15, 0.2) is 5.78 Å². The van der Waals surface area contributed by atoms with Crippen LogP contribution in [0.5, 0.6) is 0 Å². The van der Waals surface area contributed by atoms with Crippen molar-refractivity contribution in [3.05, 3.63) is 81.0 Å². The molecule has 2 heterocycles.